The molecule has 0 aliphatic heterocycles. The molecule has 28 heavy (non-hydrogen) atoms. The molecule has 1 aromatic carbocycles. The van der Waals surface area contributed by atoms with Crippen molar-refractivity contribution in [3.63, 3.8) is 0 Å². The summed E-state index contributed by atoms with van der Waals surface area (Å²) in [6.45, 7) is 5.51. The van der Waals surface area contributed by atoms with Crippen LogP contribution in [0.5, 0.6) is 5.75 Å². The number of benzene rings is 1. The van der Waals surface area contributed by atoms with Gasteiger partial charge in [0.1, 0.15) is 34.1 Å². The van der Waals surface area contributed by atoms with Gasteiger partial charge in [-0.25, -0.2) is 4.98 Å². The molecule has 0 radical (unpaired) electrons. The molecule has 140 valence electrons. The first-order chi connectivity index (χ1) is 13.6. The van der Waals surface area contributed by atoms with Crippen molar-refractivity contribution in [2.45, 2.75) is 6.92 Å². The van der Waals surface area contributed by atoms with Crippen LogP contribution in [-0.2, 0) is 4.79 Å². The second kappa shape index (κ2) is 9.13. The van der Waals surface area contributed by atoms with Crippen molar-refractivity contribution in [1.29, 1.82) is 5.26 Å². The number of hydrogen-bond acceptors (Lipinski definition) is 6. The van der Waals surface area contributed by atoms with Crippen molar-refractivity contribution in [1.82, 2.24) is 4.98 Å². The van der Waals surface area contributed by atoms with Crippen LogP contribution in [0.1, 0.15) is 17.5 Å². The van der Waals surface area contributed by atoms with Crippen LogP contribution in [0.15, 0.2) is 54.4 Å². The lowest BCUT2D eigenvalue weighted by Crippen LogP contribution is -2.04. The number of rotatable bonds is 7. The van der Waals surface area contributed by atoms with Crippen LogP contribution in [0.25, 0.3) is 22.2 Å². The molecular formula is C21H17N3O2S2. The van der Waals surface area contributed by atoms with Gasteiger partial charge in [-0.2, -0.15) is 5.26 Å². The Morgan fingerprint density at radius 3 is 2.75 bits per heavy atom. The first-order valence-corrected chi connectivity index (χ1v) is 10.1. The van der Waals surface area contributed by atoms with E-state index in [4.69, 9.17) is 4.74 Å². The molecule has 0 saturated carbocycles. The maximum Gasteiger partial charge on any atom is 0.221 e. The lowest BCUT2D eigenvalue weighted by atomic mass is 10.1. The molecule has 2 heterocycles. The Labute approximate surface area is 171 Å². The van der Waals surface area contributed by atoms with Gasteiger partial charge in [-0.3, -0.25) is 4.79 Å². The highest BCUT2D eigenvalue weighted by atomic mass is 32.1. The Morgan fingerprint density at radius 2 is 2.14 bits per heavy atom. The number of nitrogens with one attached hydrogen (secondary N) is 1. The molecule has 1 N–H and O–H groups in total. The number of allylic oxidation sites excluding steroid dienone is 1. The number of carbonyl (C=O) groups is 1. The Balaban J connectivity index is 1.93. The van der Waals surface area contributed by atoms with Crippen LogP contribution in [-0.4, -0.2) is 17.5 Å². The van der Waals surface area contributed by atoms with E-state index in [1.54, 1.807) is 12.2 Å². The number of thiazole rings is 1. The molecule has 0 aliphatic carbocycles. The van der Waals surface area contributed by atoms with Crippen LogP contribution in [0, 0.1) is 11.3 Å². The molecule has 0 unspecified atom stereocenters. The summed E-state index contributed by atoms with van der Waals surface area (Å²) in [4.78, 5) is 17.1. The molecule has 0 fully saturated rings. The van der Waals surface area contributed by atoms with E-state index in [9.17, 15) is 10.1 Å². The molecule has 3 rings (SSSR count). The van der Waals surface area contributed by atoms with Crippen LogP contribution in [0.3, 0.4) is 0 Å². The molecule has 2 aromatic heterocycles. The van der Waals surface area contributed by atoms with E-state index < -0.39 is 0 Å². The van der Waals surface area contributed by atoms with Crippen LogP contribution >= 0.6 is 22.7 Å². The Kier molecular flexibility index (Phi) is 6.37. The molecule has 3 aromatic rings. The number of ether oxygens (including phenoxy) is 1. The predicted molar refractivity (Wildman–Crippen MR) is 115 cm³/mol. The topological polar surface area (TPSA) is 75.0 Å². The first kappa shape index (κ1) is 19.5. The molecule has 0 bridgehead atoms. The zero-order valence-corrected chi connectivity index (χ0v) is 16.8. The third-order valence-electron chi connectivity index (χ3n) is 3.58. The number of aromatic nitrogens is 1. The molecular weight excluding hydrogens is 390 g/mol. The molecule has 0 aliphatic rings. The Morgan fingerprint density at radius 1 is 1.36 bits per heavy atom. The fraction of sp³-hybridized carbons (Fsp3) is 0.0952. The van der Waals surface area contributed by atoms with E-state index in [1.165, 1.54) is 29.6 Å². The summed E-state index contributed by atoms with van der Waals surface area (Å²) in [5.74, 6) is 0.559. The minimum Gasteiger partial charge on any atom is -0.490 e. The highest BCUT2D eigenvalue weighted by molar-refractivity contribution is 7.18. The van der Waals surface area contributed by atoms with Gasteiger partial charge in [0.05, 0.1) is 10.5 Å². The number of amides is 1. The summed E-state index contributed by atoms with van der Waals surface area (Å²) >= 11 is 2.82. The normalized spacial score (nSPS) is 10.9. The van der Waals surface area contributed by atoms with E-state index in [1.807, 2.05) is 41.8 Å². The standard InChI is InChI=1S/C21H17N3O2S2/c1-3-10-26-17-8-6-15(7-9-17)12-16(13-22)20-24-19(18-5-4-11-27-18)21(28-20)23-14(2)25/h3-9,11-12H,1,10H2,2H3,(H,23,25)/b16-12-. The van der Waals surface area contributed by atoms with Gasteiger partial charge >= 0.3 is 0 Å². The smallest absolute Gasteiger partial charge is 0.221 e. The van der Waals surface area contributed by atoms with Gasteiger partial charge in [0.15, 0.2) is 0 Å². The lowest BCUT2D eigenvalue weighted by molar-refractivity contribution is -0.114. The van der Waals surface area contributed by atoms with Crippen LogP contribution in [0.2, 0.25) is 0 Å². The quantitative estimate of drug-likeness (QED) is 0.417. The summed E-state index contributed by atoms with van der Waals surface area (Å²) in [6.07, 6.45) is 3.45. The molecule has 1 amide bonds. The second-order valence-electron chi connectivity index (χ2n) is 5.69. The monoisotopic (exact) mass is 407 g/mol. The highest BCUT2D eigenvalue weighted by Gasteiger charge is 2.17. The van der Waals surface area contributed by atoms with Gasteiger partial charge in [-0.1, -0.05) is 42.2 Å². The second-order valence-corrected chi connectivity index (χ2v) is 7.64. The minimum absolute atomic E-state index is 0.175. The molecule has 5 nitrogen and oxygen atoms in total. The van der Waals surface area contributed by atoms with E-state index in [2.05, 4.69) is 22.9 Å². The van der Waals surface area contributed by atoms with Crippen molar-refractivity contribution in [3.8, 4) is 22.4 Å². The van der Waals surface area contributed by atoms with E-state index >= 15 is 0 Å². The number of anilines is 1. The fourth-order valence-electron chi connectivity index (χ4n) is 2.38. The number of thiophene rings is 1. The molecule has 7 heteroatoms. The van der Waals surface area contributed by atoms with Crippen LogP contribution < -0.4 is 10.1 Å². The maximum absolute atomic E-state index is 11.6. The van der Waals surface area contributed by atoms with Crippen LogP contribution in [0.4, 0.5) is 5.00 Å². The summed E-state index contributed by atoms with van der Waals surface area (Å²) in [5.41, 5.74) is 1.97. The Hall–Kier alpha value is -3.21. The minimum atomic E-state index is -0.175. The predicted octanol–water partition coefficient (Wildman–Crippen LogP) is 5.46. The summed E-state index contributed by atoms with van der Waals surface area (Å²) < 4.78 is 5.47. The molecule has 0 saturated heterocycles. The van der Waals surface area contributed by atoms with E-state index in [0.717, 1.165) is 16.2 Å². The van der Waals surface area contributed by atoms with Gasteiger partial charge in [-0.15, -0.1) is 11.3 Å². The van der Waals surface area contributed by atoms with Gasteiger partial charge < -0.3 is 10.1 Å². The third kappa shape index (κ3) is 4.74. The zero-order valence-electron chi connectivity index (χ0n) is 15.1. The molecule has 0 spiro atoms. The number of nitriles is 1. The summed E-state index contributed by atoms with van der Waals surface area (Å²) in [5, 5.41) is 15.6. The average Bonchev–Trinajstić information content (AvgIpc) is 3.34. The average molecular weight is 408 g/mol. The zero-order chi connectivity index (χ0) is 19.9. The maximum atomic E-state index is 11.6. The van der Waals surface area contributed by atoms with Gasteiger partial charge in [-0.05, 0) is 35.2 Å². The van der Waals surface area contributed by atoms with Crippen molar-refractivity contribution in [2.24, 2.45) is 0 Å². The number of hydrogen-bond donors (Lipinski definition) is 1. The Bertz CT molecular complexity index is 1040. The van der Waals surface area contributed by atoms with Crippen molar-refractivity contribution in [2.75, 3.05) is 11.9 Å². The van der Waals surface area contributed by atoms with Crippen molar-refractivity contribution in [3.05, 3.63) is 65.0 Å². The van der Waals surface area contributed by atoms with Crippen molar-refractivity contribution >= 4 is 45.2 Å². The fourth-order valence-corrected chi connectivity index (χ4v) is 4.16. The SMILES string of the molecule is C=CCOc1ccc(/C=C(/C#N)c2nc(-c3cccs3)c(NC(C)=O)s2)cc1. The van der Waals surface area contributed by atoms with Gasteiger partial charge in [0.2, 0.25) is 5.91 Å². The largest absolute Gasteiger partial charge is 0.490 e. The molecule has 0 atom stereocenters. The third-order valence-corrected chi connectivity index (χ3v) is 5.46. The first-order valence-electron chi connectivity index (χ1n) is 8.39. The number of nitrogens with zero attached hydrogens (tertiary/aromatic N) is 2. The van der Waals surface area contributed by atoms with Gasteiger partial charge in [0.25, 0.3) is 0 Å². The highest BCUT2D eigenvalue weighted by Crippen LogP contribution is 2.38. The van der Waals surface area contributed by atoms with E-state index in [0.29, 0.717) is 27.9 Å². The van der Waals surface area contributed by atoms with E-state index in [-0.39, 0.29) is 5.91 Å². The van der Waals surface area contributed by atoms with Crippen molar-refractivity contribution < 1.29 is 9.53 Å². The summed E-state index contributed by atoms with van der Waals surface area (Å²) in [7, 11) is 0. The number of carbonyl (C=O) groups excluding carboxylic acids is 1. The van der Waals surface area contributed by atoms with Gasteiger partial charge in [0, 0.05) is 6.92 Å². The summed E-state index contributed by atoms with van der Waals surface area (Å²) in [6, 6.07) is 13.5. The lowest BCUT2D eigenvalue weighted by Gasteiger charge is -2.03.